The first-order valence-corrected chi connectivity index (χ1v) is 10.4. The summed E-state index contributed by atoms with van der Waals surface area (Å²) in [6, 6.07) is 16.2. The second-order valence-electron chi connectivity index (χ2n) is 7.14. The molecule has 2 aromatic carbocycles. The molecule has 0 atom stereocenters. The van der Waals surface area contributed by atoms with Crippen LogP contribution in [0.3, 0.4) is 0 Å². The van der Waals surface area contributed by atoms with Crippen LogP contribution in [-0.4, -0.2) is 36.8 Å². The Labute approximate surface area is 192 Å². The zero-order valence-corrected chi connectivity index (χ0v) is 19.0. The van der Waals surface area contributed by atoms with Gasteiger partial charge in [-0.15, -0.1) is 0 Å². The average Bonchev–Trinajstić information content (AvgIpc) is 3.07. The van der Waals surface area contributed by atoms with Gasteiger partial charge < -0.3 is 19.5 Å². The molecule has 0 fully saturated rings. The second-order valence-corrected chi connectivity index (χ2v) is 7.14. The van der Waals surface area contributed by atoms with Gasteiger partial charge in [-0.05, 0) is 56.7 Å². The van der Waals surface area contributed by atoms with E-state index in [1.54, 1.807) is 10.6 Å². The maximum absolute atomic E-state index is 12.6. The standard InChI is InChI=1S/C25H25N3O5/c1-5-32-21-12-11-18(13-22(21)31-4)25(30)33-15-23(29)27-24-20(14-26)16(2)17(3)28(24)19-9-7-6-8-10-19/h6-13H,5,15H2,1-4H3,(H,27,29). The summed E-state index contributed by atoms with van der Waals surface area (Å²) in [7, 11) is 1.47. The van der Waals surface area contributed by atoms with Crippen LogP contribution < -0.4 is 14.8 Å². The van der Waals surface area contributed by atoms with Gasteiger partial charge in [0.1, 0.15) is 11.9 Å². The molecule has 1 heterocycles. The van der Waals surface area contributed by atoms with E-state index in [-0.39, 0.29) is 5.56 Å². The lowest BCUT2D eigenvalue weighted by molar-refractivity contribution is -0.119. The molecule has 33 heavy (non-hydrogen) atoms. The predicted molar refractivity (Wildman–Crippen MR) is 123 cm³/mol. The van der Waals surface area contributed by atoms with Gasteiger partial charge in [-0.1, -0.05) is 18.2 Å². The third-order valence-corrected chi connectivity index (χ3v) is 5.13. The number of ether oxygens (including phenoxy) is 3. The van der Waals surface area contributed by atoms with Crippen molar-refractivity contribution in [1.82, 2.24) is 4.57 Å². The number of methoxy groups -OCH3 is 1. The van der Waals surface area contributed by atoms with E-state index < -0.39 is 18.5 Å². The van der Waals surface area contributed by atoms with Crippen molar-refractivity contribution in [2.45, 2.75) is 20.8 Å². The largest absolute Gasteiger partial charge is 0.493 e. The number of nitrogens with one attached hydrogen (secondary N) is 1. The third-order valence-electron chi connectivity index (χ3n) is 5.13. The highest BCUT2D eigenvalue weighted by Gasteiger charge is 2.21. The van der Waals surface area contributed by atoms with Gasteiger partial charge in [0.25, 0.3) is 5.91 Å². The van der Waals surface area contributed by atoms with Crippen molar-refractivity contribution >= 4 is 17.7 Å². The molecule has 3 aromatic rings. The number of carbonyl (C=O) groups excluding carboxylic acids is 2. The zero-order valence-electron chi connectivity index (χ0n) is 19.0. The summed E-state index contributed by atoms with van der Waals surface area (Å²) < 4.78 is 17.7. The number of nitriles is 1. The number of carbonyl (C=O) groups is 2. The van der Waals surface area contributed by atoms with E-state index in [4.69, 9.17) is 14.2 Å². The van der Waals surface area contributed by atoms with Crippen molar-refractivity contribution in [1.29, 1.82) is 5.26 Å². The minimum absolute atomic E-state index is 0.222. The first-order chi connectivity index (χ1) is 15.9. The van der Waals surface area contributed by atoms with Gasteiger partial charge in [-0.2, -0.15) is 5.26 Å². The number of rotatable bonds is 8. The van der Waals surface area contributed by atoms with E-state index in [1.807, 2.05) is 51.1 Å². The molecule has 0 spiro atoms. The fourth-order valence-electron chi connectivity index (χ4n) is 3.41. The number of para-hydroxylation sites is 1. The van der Waals surface area contributed by atoms with Gasteiger partial charge in [-0.25, -0.2) is 4.79 Å². The van der Waals surface area contributed by atoms with E-state index in [0.717, 1.165) is 16.9 Å². The van der Waals surface area contributed by atoms with E-state index in [2.05, 4.69) is 11.4 Å². The molecule has 1 N–H and O–H groups in total. The van der Waals surface area contributed by atoms with Crippen LogP contribution in [0, 0.1) is 25.2 Å². The number of nitrogens with zero attached hydrogens (tertiary/aromatic N) is 2. The lowest BCUT2D eigenvalue weighted by atomic mass is 10.2. The van der Waals surface area contributed by atoms with Gasteiger partial charge in [-0.3, -0.25) is 9.36 Å². The average molecular weight is 447 g/mol. The van der Waals surface area contributed by atoms with Gasteiger partial charge in [0.2, 0.25) is 0 Å². The molecular weight excluding hydrogens is 422 g/mol. The Morgan fingerprint density at radius 2 is 1.82 bits per heavy atom. The molecule has 0 radical (unpaired) electrons. The molecule has 0 saturated carbocycles. The molecule has 1 aromatic heterocycles. The van der Waals surface area contributed by atoms with E-state index >= 15 is 0 Å². The smallest absolute Gasteiger partial charge is 0.338 e. The van der Waals surface area contributed by atoms with Crippen LogP contribution in [0.1, 0.15) is 34.1 Å². The van der Waals surface area contributed by atoms with Gasteiger partial charge >= 0.3 is 5.97 Å². The topological polar surface area (TPSA) is 103 Å². The van der Waals surface area contributed by atoms with Gasteiger partial charge in [0.15, 0.2) is 18.1 Å². The van der Waals surface area contributed by atoms with Gasteiger partial charge in [0, 0.05) is 11.4 Å². The quantitative estimate of drug-likeness (QED) is 0.520. The first kappa shape index (κ1) is 23.4. The van der Waals surface area contributed by atoms with Crippen LogP contribution in [0.25, 0.3) is 5.69 Å². The summed E-state index contributed by atoms with van der Waals surface area (Å²) in [6.45, 7) is 5.47. The van der Waals surface area contributed by atoms with Crippen molar-refractivity contribution in [3.63, 3.8) is 0 Å². The van der Waals surface area contributed by atoms with Gasteiger partial charge in [0.05, 0.1) is 24.8 Å². The Hall–Kier alpha value is -4.25. The molecule has 0 aliphatic carbocycles. The van der Waals surface area contributed by atoms with Crippen molar-refractivity contribution in [3.8, 4) is 23.3 Å². The van der Waals surface area contributed by atoms with Crippen LogP contribution in [0.2, 0.25) is 0 Å². The number of hydrogen-bond donors (Lipinski definition) is 1. The highest BCUT2D eigenvalue weighted by atomic mass is 16.5. The number of benzene rings is 2. The number of amides is 1. The van der Waals surface area contributed by atoms with E-state index in [9.17, 15) is 14.9 Å². The molecule has 0 unspecified atom stereocenters. The monoisotopic (exact) mass is 447 g/mol. The lowest BCUT2D eigenvalue weighted by Crippen LogP contribution is -2.23. The highest BCUT2D eigenvalue weighted by Crippen LogP contribution is 2.30. The first-order valence-electron chi connectivity index (χ1n) is 10.4. The van der Waals surface area contributed by atoms with Crippen molar-refractivity contribution < 1.29 is 23.8 Å². The van der Waals surface area contributed by atoms with Crippen molar-refractivity contribution in [2.75, 3.05) is 25.6 Å². The molecule has 0 bridgehead atoms. The molecule has 0 aliphatic rings. The molecule has 8 nitrogen and oxygen atoms in total. The van der Waals surface area contributed by atoms with E-state index in [1.165, 1.54) is 19.2 Å². The summed E-state index contributed by atoms with van der Waals surface area (Å²) >= 11 is 0. The van der Waals surface area contributed by atoms with Crippen LogP contribution in [0.15, 0.2) is 48.5 Å². The van der Waals surface area contributed by atoms with Crippen LogP contribution >= 0.6 is 0 Å². The Morgan fingerprint density at radius 1 is 1.09 bits per heavy atom. The zero-order chi connectivity index (χ0) is 24.0. The van der Waals surface area contributed by atoms with Crippen LogP contribution in [0.5, 0.6) is 11.5 Å². The minimum Gasteiger partial charge on any atom is -0.493 e. The second kappa shape index (κ2) is 10.4. The Morgan fingerprint density at radius 3 is 2.45 bits per heavy atom. The van der Waals surface area contributed by atoms with E-state index in [0.29, 0.717) is 29.5 Å². The number of aromatic nitrogens is 1. The minimum atomic E-state index is -0.683. The normalized spacial score (nSPS) is 10.3. The predicted octanol–water partition coefficient (Wildman–Crippen LogP) is 4.17. The van der Waals surface area contributed by atoms with Crippen LogP contribution in [0.4, 0.5) is 5.82 Å². The van der Waals surface area contributed by atoms with Crippen molar-refractivity contribution in [2.24, 2.45) is 0 Å². The maximum Gasteiger partial charge on any atom is 0.338 e. The lowest BCUT2D eigenvalue weighted by Gasteiger charge is -2.13. The SMILES string of the molecule is CCOc1ccc(C(=O)OCC(=O)Nc2c(C#N)c(C)c(C)n2-c2ccccc2)cc1OC. The van der Waals surface area contributed by atoms with Crippen LogP contribution in [-0.2, 0) is 9.53 Å². The fraction of sp³-hybridized carbons (Fsp3) is 0.240. The molecule has 0 saturated heterocycles. The summed E-state index contributed by atoms with van der Waals surface area (Å²) in [5, 5.41) is 12.4. The molecule has 1 amide bonds. The number of esters is 1. The molecule has 3 rings (SSSR count). The highest BCUT2D eigenvalue weighted by molar-refractivity contribution is 5.96. The molecule has 8 heteroatoms. The summed E-state index contributed by atoms with van der Waals surface area (Å²) in [4.78, 5) is 25.1. The molecular formula is C25H25N3O5. The summed E-state index contributed by atoms with van der Waals surface area (Å²) in [5.41, 5.74) is 2.96. The maximum atomic E-state index is 12.6. The number of hydrogen-bond acceptors (Lipinski definition) is 6. The number of anilines is 1. The Kier molecular flexibility index (Phi) is 7.36. The Balaban J connectivity index is 1.76. The third kappa shape index (κ3) is 4.99. The summed E-state index contributed by atoms with van der Waals surface area (Å²) in [6.07, 6.45) is 0. The molecule has 0 aliphatic heterocycles. The fourth-order valence-corrected chi connectivity index (χ4v) is 3.41. The molecule has 170 valence electrons. The summed E-state index contributed by atoms with van der Waals surface area (Å²) in [5.74, 6) is -0.0143. The van der Waals surface area contributed by atoms with Crippen molar-refractivity contribution in [3.05, 3.63) is 70.9 Å². The Bertz CT molecular complexity index is 1210.